The number of halogens is 1. The first-order chi connectivity index (χ1) is 10.1. The van der Waals surface area contributed by atoms with Crippen LogP contribution < -0.4 is 10.1 Å². The average molecular weight is 296 g/mol. The van der Waals surface area contributed by atoms with E-state index in [2.05, 4.69) is 5.32 Å². The molecule has 2 rings (SSSR count). The van der Waals surface area contributed by atoms with Crippen LogP contribution in [0.4, 0.5) is 4.39 Å². The van der Waals surface area contributed by atoms with Crippen molar-refractivity contribution >= 4 is 5.91 Å². The Morgan fingerprint density at radius 1 is 1.52 bits per heavy atom. The number of likely N-dealkylation sites (tertiary alicyclic amines) is 1. The Hall–Kier alpha value is -1.66. The number of hydrogen-bond donors (Lipinski definition) is 2. The molecule has 0 aliphatic carbocycles. The van der Waals surface area contributed by atoms with Crippen LogP contribution in [0.5, 0.6) is 5.75 Å². The van der Waals surface area contributed by atoms with Gasteiger partial charge in [-0.05, 0) is 18.6 Å². The molecule has 21 heavy (non-hydrogen) atoms. The monoisotopic (exact) mass is 296 g/mol. The first-order valence-corrected chi connectivity index (χ1v) is 7.09. The molecule has 0 radical (unpaired) electrons. The van der Waals surface area contributed by atoms with Gasteiger partial charge in [-0.3, -0.25) is 4.79 Å². The standard InChI is InChI=1S/C15H21FN2O3/c1-18-9-11(6-7-15(18)20)17-8-12(19)10-21-14-5-3-2-4-13(14)16/h2-5,11-12,17,19H,6-10H2,1H3. The summed E-state index contributed by atoms with van der Waals surface area (Å²) in [5.74, 6) is -0.152. The normalized spacial score (nSPS) is 20.4. The molecular formula is C15H21FN2O3. The Morgan fingerprint density at radius 2 is 2.29 bits per heavy atom. The van der Waals surface area contributed by atoms with E-state index in [1.54, 1.807) is 24.1 Å². The topological polar surface area (TPSA) is 61.8 Å². The van der Waals surface area contributed by atoms with Crippen molar-refractivity contribution in [3.63, 3.8) is 0 Å². The molecule has 1 saturated heterocycles. The Bertz CT molecular complexity index is 484. The fourth-order valence-electron chi connectivity index (χ4n) is 2.29. The third kappa shape index (κ3) is 4.68. The van der Waals surface area contributed by atoms with Gasteiger partial charge in [0.1, 0.15) is 12.7 Å². The third-order valence-electron chi connectivity index (χ3n) is 3.54. The lowest BCUT2D eigenvalue weighted by Gasteiger charge is -2.30. The van der Waals surface area contributed by atoms with Gasteiger partial charge in [0.05, 0.1) is 0 Å². The SMILES string of the molecule is CN1CC(NCC(O)COc2ccccc2F)CCC1=O. The first-order valence-electron chi connectivity index (χ1n) is 7.09. The number of hydrogen-bond acceptors (Lipinski definition) is 4. The summed E-state index contributed by atoms with van der Waals surface area (Å²) < 4.78 is 18.6. The van der Waals surface area contributed by atoms with Crippen LogP contribution in [0.25, 0.3) is 0 Å². The van der Waals surface area contributed by atoms with E-state index in [-0.39, 0.29) is 24.3 Å². The van der Waals surface area contributed by atoms with Crippen LogP contribution in [0.15, 0.2) is 24.3 Å². The maximum atomic E-state index is 13.3. The van der Waals surface area contributed by atoms with Crippen molar-refractivity contribution in [2.75, 3.05) is 26.7 Å². The maximum absolute atomic E-state index is 13.3. The number of piperidine rings is 1. The van der Waals surface area contributed by atoms with Crippen molar-refractivity contribution in [3.05, 3.63) is 30.1 Å². The molecule has 1 heterocycles. The van der Waals surface area contributed by atoms with Crippen LogP contribution in [0.1, 0.15) is 12.8 Å². The van der Waals surface area contributed by atoms with Gasteiger partial charge < -0.3 is 20.1 Å². The smallest absolute Gasteiger partial charge is 0.222 e. The zero-order valence-corrected chi connectivity index (χ0v) is 12.1. The molecule has 0 aromatic heterocycles. The summed E-state index contributed by atoms with van der Waals surface area (Å²) in [7, 11) is 1.77. The summed E-state index contributed by atoms with van der Waals surface area (Å²) in [5.41, 5.74) is 0. The van der Waals surface area contributed by atoms with Crippen LogP contribution in [0.2, 0.25) is 0 Å². The maximum Gasteiger partial charge on any atom is 0.222 e. The van der Waals surface area contributed by atoms with E-state index in [1.807, 2.05) is 0 Å². The molecule has 0 bridgehead atoms. The summed E-state index contributed by atoms with van der Waals surface area (Å²) in [5, 5.41) is 13.1. The minimum Gasteiger partial charge on any atom is -0.488 e. The number of likely N-dealkylation sites (N-methyl/N-ethyl adjacent to an activating group) is 1. The van der Waals surface area contributed by atoms with Gasteiger partial charge in [0.25, 0.3) is 0 Å². The van der Waals surface area contributed by atoms with Crippen LogP contribution in [-0.2, 0) is 4.79 Å². The Morgan fingerprint density at radius 3 is 3.00 bits per heavy atom. The largest absolute Gasteiger partial charge is 0.488 e. The average Bonchev–Trinajstić information content (AvgIpc) is 2.47. The molecule has 116 valence electrons. The van der Waals surface area contributed by atoms with E-state index in [0.717, 1.165) is 6.42 Å². The van der Waals surface area contributed by atoms with Crippen LogP contribution in [0.3, 0.4) is 0 Å². The molecule has 1 aliphatic rings. The highest BCUT2D eigenvalue weighted by Gasteiger charge is 2.22. The Kier molecular flexibility index (Phi) is 5.52. The molecule has 6 heteroatoms. The molecule has 0 spiro atoms. The predicted molar refractivity (Wildman–Crippen MR) is 76.6 cm³/mol. The van der Waals surface area contributed by atoms with Gasteiger partial charge in [-0.1, -0.05) is 12.1 Å². The molecule has 2 unspecified atom stereocenters. The summed E-state index contributed by atoms with van der Waals surface area (Å²) in [4.78, 5) is 13.0. The van der Waals surface area contributed by atoms with Crippen molar-refractivity contribution in [1.82, 2.24) is 10.2 Å². The van der Waals surface area contributed by atoms with Gasteiger partial charge in [-0.25, -0.2) is 4.39 Å². The number of nitrogens with zero attached hydrogens (tertiary/aromatic N) is 1. The molecule has 1 aliphatic heterocycles. The van der Waals surface area contributed by atoms with Gasteiger partial charge in [-0.2, -0.15) is 0 Å². The molecule has 1 fully saturated rings. The summed E-state index contributed by atoms with van der Waals surface area (Å²) in [6, 6.07) is 6.28. The van der Waals surface area contributed by atoms with E-state index >= 15 is 0 Å². The molecule has 2 atom stereocenters. The van der Waals surface area contributed by atoms with Crippen LogP contribution >= 0.6 is 0 Å². The number of carbonyl (C=O) groups is 1. The highest BCUT2D eigenvalue weighted by atomic mass is 19.1. The number of para-hydroxylation sites is 1. The number of aliphatic hydroxyl groups excluding tert-OH is 1. The molecule has 1 aromatic carbocycles. The molecule has 5 nitrogen and oxygen atoms in total. The number of nitrogens with one attached hydrogen (secondary N) is 1. The predicted octanol–water partition coefficient (Wildman–Crippen LogP) is 0.776. The fraction of sp³-hybridized carbons (Fsp3) is 0.533. The van der Waals surface area contributed by atoms with E-state index in [4.69, 9.17) is 4.74 Å². The summed E-state index contributed by atoms with van der Waals surface area (Å²) >= 11 is 0. The minimum absolute atomic E-state index is 0.0232. The lowest BCUT2D eigenvalue weighted by atomic mass is 10.1. The van der Waals surface area contributed by atoms with Crippen molar-refractivity contribution in [2.24, 2.45) is 0 Å². The number of amides is 1. The molecule has 0 saturated carbocycles. The fourth-order valence-corrected chi connectivity index (χ4v) is 2.29. The van der Waals surface area contributed by atoms with Gasteiger partial charge >= 0.3 is 0 Å². The molecule has 1 aromatic rings. The zero-order valence-electron chi connectivity index (χ0n) is 12.1. The minimum atomic E-state index is -0.729. The number of aliphatic hydroxyl groups is 1. The number of rotatable bonds is 6. The zero-order chi connectivity index (χ0) is 15.2. The lowest BCUT2D eigenvalue weighted by Crippen LogP contribution is -2.48. The summed E-state index contributed by atoms with van der Waals surface area (Å²) in [6.07, 6.45) is 0.563. The Balaban J connectivity index is 1.69. The number of benzene rings is 1. The second kappa shape index (κ2) is 7.38. The summed E-state index contributed by atoms with van der Waals surface area (Å²) in [6.45, 7) is 1.01. The van der Waals surface area contributed by atoms with Crippen molar-refractivity contribution in [1.29, 1.82) is 0 Å². The quantitative estimate of drug-likeness (QED) is 0.814. The molecule has 1 amide bonds. The van der Waals surface area contributed by atoms with E-state index < -0.39 is 11.9 Å². The second-order valence-corrected chi connectivity index (χ2v) is 5.31. The number of ether oxygens (including phenoxy) is 1. The third-order valence-corrected chi connectivity index (χ3v) is 3.54. The van der Waals surface area contributed by atoms with E-state index in [0.29, 0.717) is 19.5 Å². The highest BCUT2D eigenvalue weighted by molar-refractivity contribution is 5.76. The van der Waals surface area contributed by atoms with Gasteiger partial charge in [0.2, 0.25) is 5.91 Å². The first kappa shape index (κ1) is 15.7. The Labute approximate surface area is 123 Å². The van der Waals surface area contributed by atoms with Crippen molar-refractivity contribution in [3.8, 4) is 5.75 Å². The van der Waals surface area contributed by atoms with Crippen molar-refractivity contribution in [2.45, 2.75) is 25.0 Å². The number of carbonyl (C=O) groups excluding carboxylic acids is 1. The highest BCUT2D eigenvalue weighted by Crippen LogP contribution is 2.15. The van der Waals surface area contributed by atoms with Crippen LogP contribution in [-0.4, -0.2) is 54.8 Å². The molecule has 2 N–H and O–H groups in total. The van der Waals surface area contributed by atoms with Crippen LogP contribution in [0, 0.1) is 5.82 Å². The lowest BCUT2D eigenvalue weighted by molar-refractivity contribution is -0.132. The van der Waals surface area contributed by atoms with Gasteiger partial charge in [-0.15, -0.1) is 0 Å². The van der Waals surface area contributed by atoms with Gasteiger partial charge in [0.15, 0.2) is 11.6 Å². The molecular weight excluding hydrogens is 275 g/mol. The van der Waals surface area contributed by atoms with E-state index in [1.165, 1.54) is 12.1 Å². The van der Waals surface area contributed by atoms with Gasteiger partial charge in [0, 0.05) is 32.6 Å². The van der Waals surface area contributed by atoms with Crippen molar-refractivity contribution < 1.29 is 19.0 Å². The second-order valence-electron chi connectivity index (χ2n) is 5.31. The van der Waals surface area contributed by atoms with E-state index in [9.17, 15) is 14.3 Å².